The van der Waals surface area contributed by atoms with E-state index in [-0.39, 0.29) is 6.04 Å². The predicted octanol–water partition coefficient (Wildman–Crippen LogP) is 3.57. The average Bonchev–Trinajstić information content (AvgIpc) is 2.94. The molecule has 1 atom stereocenters. The van der Waals surface area contributed by atoms with Gasteiger partial charge in [-0.15, -0.1) is 11.3 Å². The van der Waals surface area contributed by atoms with Crippen molar-refractivity contribution in [2.75, 3.05) is 0 Å². The van der Waals surface area contributed by atoms with Gasteiger partial charge in [0.1, 0.15) is 4.21 Å². The van der Waals surface area contributed by atoms with Crippen LogP contribution in [-0.2, 0) is 10.0 Å². The Kier molecular flexibility index (Phi) is 4.74. The van der Waals surface area contributed by atoms with Crippen molar-refractivity contribution in [3.63, 3.8) is 0 Å². The Morgan fingerprint density at radius 1 is 1.16 bits per heavy atom. The molecule has 0 radical (unpaired) electrons. The number of thiophene rings is 1. The van der Waals surface area contributed by atoms with E-state index in [0.29, 0.717) is 4.21 Å². The van der Waals surface area contributed by atoms with E-state index in [1.165, 1.54) is 11.3 Å². The number of sulfonamides is 1. The molecule has 0 aliphatic rings. The van der Waals surface area contributed by atoms with Gasteiger partial charge in [0.25, 0.3) is 10.0 Å². The van der Waals surface area contributed by atoms with Crippen LogP contribution in [0.4, 0.5) is 0 Å². The van der Waals surface area contributed by atoms with Crippen LogP contribution in [0.25, 0.3) is 0 Å². The van der Waals surface area contributed by atoms with Crippen molar-refractivity contribution in [2.24, 2.45) is 0 Å². The molecule has 102 valence electrons. The van der Waals surface area contributed by atoms with Crippen molar-refractivity contribution >= 4 is 21.4 Å². The minimum absolute atomic E-state index is 0.168. The van der Waals surface area contributed by atoms with Gasteiger partial charge < -0.3 is 0 Å². The van der Waals surface area contributed by atoms with Crippen LogP contribution < -0.4 is 4.72 Å². The van der Waals surface area contributed by atoms with E-state index in [9.17, 15) is 8.42 Å². The highest BCUT2D eigenvalue weighted by Gasteiger charge is 2.21. The molecule has 1 heterocycles. The number of benzene rings is 1. The molecular weight excluding hydrogens is 278 g/mol. The van der Waals surface area contributed by atoms with E-state index >= 15 is 0 Å². The van der Waals surface area contributed by atoms with E-state index in [0.717, 1.165) is 18.4 Å². The number of hydrogen-bond acceptors (Lipinski definition) is 3. The molecule has 19 heavy (non-hydrogen) atoms. The summed E-state index contributed by atoms with van der Waals surface area (Å²) in [6, 6.07) is 12.9. The van der Waals surface area contributed by atoms with Gasteiger partial charge >= 0.3 is 0 Å². The van der Waals surface area contributed by atoms with E-state index in [1.54, 1.807) is 17.5 Å². The Balaban J connectivity index is 2.23. The van der Waals surface area contributed by atoms with Crippen molar-refractivity contribution in [1.29, 1.82) is 0 Å². The monoisotopic (exact) mass is 295 g/mol. The van der Waals surface area contributed by atoms with Crippen LogP contribution in [0.3, 0.4) is 0 Å². The summed E-state index contributed by atoms with van der Waals surface area (Å²) in [6.07, 6.45) is 1.71. The molecule has 2 rings (SSSR count). The zero-order chi connectivity index (χ0) is 13.7. The molecule has 1 aromatic heterocycles. The molecule has 0 aliphatic heterocycles. The maximum absolute atomic E-state index is 12.3. The predicted molar refractivity (Wildman–Crippen MR) is 78.7 cm³/mol. The normalized spacial score (nSPS) is 13.3. The maximum Gasteiger partial charge on any atom is 0.250 e. The first kappa shape index (κ1) is 14.2. The van der Waals surface area contributed by atoms with E-state index < -0.39 is 10.0 Å². The zero-order valence-electron chi connectivity index (χ0n) is 10.7. The van der Waals surface area contributed by atoms with Crippen LogP contribution in [0.2, 0.25) is 0 Å². The average molecular weight is 295 g/mol. The summed E-state index contributed by atoms with van der Waals surface area (Å²) in [4.78, 5) is 0. The summed E-state index contributed by atoms with van der Waals surface area (Å²) in [5, 5.41) is 1.77. The quantitative estimate of drug-likeness (QED) is 0.885. The molecule has 0 bridgehead atoms. The van der Waals surface area contributed by atoms with Gasteiger partial charge in [0.2, 0.25) is 0 Å². The molecule has 1 aromatic carbocycles. The van der Waals surface area contributed by atoms with Gasteiger partial charge in [-0.1, -0.05) is 49.7 Å². The molecule has 0 spiro atoms. The summed E-state index contributed by atoms with van der Waals surface area (Å²) < 4.78 is 27.7. The van der Waals surface area contributed by atoms with Gasteiger partial charge in [-0.25, -0.2) is 13.1 Å². The minimum Gasteiger partial charge on any atom is -0.206 e. The highest BCUT2D eigenvalue weighted by atomic mass is 32.2. The summed E-state index contributed by atoms with van der Waals surface area (Å²) in [6.45, 7) is 2.05. The molecule has 3 nitrogen and oxygen atoms in total. The molecule has 0 fully saturated rings. The number of hydrogen-bond donors (Lipinski definition) is 1. The lowest BCUT2D eigenvalue weighted by molar-refractivity contribution is 0.537. The highest BCUT2D eigenvalue weighted by Crippen LogP contribution is 2.23. The van der Waals surface area contributed by atoms with Crippen molar-refractivity contribution in [2.45, 2.75) is 30.0 Å². The van der Waals surface area contributed by atoms with E-state index in [4.69, 9.17) is 0 Å². The molecule has 0 amide bonds. The largest absolute Gasteiger partial charge is 0.250 e. The Bertz CT molecular complexity index is 592. The van der Waals surface area contributed by atoms with Crippen LogP contribution in [0.15, 0.2) is 52.1 Å². The number of nitrogens with one attached hydrogen (secondary N) is 1. The van der Waals surface area contributed by atoms with E-state index in [2.05, 4.69) is 11.6 Å². The summed E-state index contributed by atoms with van der Waals surface area (Å²) in [5.74, 6) is 0. The minimum atomic E-state index is -3.42. The zero-order valence-corrected chi connectivity index (χ0v) is 12.4. The maximum atomic E-state index is 12.3. The van der Waals surface area contributed by atoms with Crippen LogP contribution in [0.5, 0.6) is 0 Å². The molecule has 0 saturated heterocycles. The first-order chi connectivity index (χ1) is 9.13. The summed E-state index contributed by atoms with van der Waals surface area (Å²) in [7, 11) is -3.42. The third kappa shape index (κ3) is 3.65. The molecule has 5 heteroatoms. The summed E-state index contributed by atoms with van der Waals surface area (Å²) >= 11 is 1.23. The molecular formula is C14H17NO2S2. The Morgan fingerprint density at radius 3 is 2.47 bits per heavy atom. The van der Waals surface area contributed by atoms with Crippen molar-refractivity contribution in [1.82, 2.24) is 4.72 Å². The van der Waals surface area contributed by atoms with Crippen LogP contribution in [0, 0.1) is 0 Å². The fraction of sp³-hybridized carbons (Fsp3) is 0.286. The molecule has 0 aliphatic carbocycles. The van der Waals surface area contributed by atoms with Crippen LogP contribution >= 0.6 is 11.3 Å². The Labute approximate surface area is 118 Å². The molecule has 1 N–H and O–H groups in total. The second-order valence-electron chi connectivity index (χ2n) is 4.31. The molecule has 2 aromatic rings. The first-order valence-electron chi connectivity index (χ1n) is 6.24. The van der Waals surface area contributed by atoms with Crippen LogP contribution in [-0.4, -0.2) is 8.42 Å². The highest BCUT2D eigenvalue weighted by molar-refractivity contribution is 7.91. The van der Waals surface area contributed by atoms with Gasteiger partial charge in [0.05, 0.1) is 0 Å². The first-order valence-corrected chi connectivity index (χ1v) is 8.60. The lowest BCUT2D eigenvalue weighted by atomic mass is 10.0. The Hall–Kier alpha value is -1.17. The van der Waals surface area contributed by atoms with E-state index in [1.807, 2.05) is 30.3 Å². The van der Waals surface area contributed by atoms with Gasteiger partial charge in [0.15, 0.2) is 0 Å². The lowest BCUT2D eigenvalue weighted by Gasteiger charge is -2.18. The van der Waals surface area contributed by atoms with Gasteiger partial charge in [-0.3, -0.25) is 0 Å². The number of rotatable bonds is 6. The van der Waals surface area contributed by atoms with Gasteiger partial charge in [0, 0.05) is 6.04 Å². The second-order valence-corrected chi connectivity index (χ2v) is 7.19. The fourth-order valence-electron chi connectivity index (χ4n) is 1.93. The standard InChI is InChI=1S/C14H17NO2S2/c1-2-7-13(12-8-4-3-5-9-12)15-19(16,17)14-10-6-11-18-14/h3-6,8-11,13,15H,2,7H2,1H3/t13-/m1/s1. The van der Waals surface area contributed by atoms with Crippen molar-refractivity contribution in [3.05, 3.63) is 53.4 Å². The molecule has 0 saturated carbocycles. The SMILES string of the molecule is CCC[C@@H](NS(=O)(=O)c1cccs1)c1ccccc1. The van der Waals surface area contributed by atoms with Crippen LogP contribution in [0.1, 0.15) is 31.4 Å². The topological polar surface area (TPSA) is 46.2 Å². The lowest BCUT2D eigenvalue weighted by Crippen LogP contribution is -2.28. The molecule has 0 unspecified atom stereocenters. The fourth-order valence-corrected chi connectivity index (χ4v) is 4.20. The second kappa shape index (κ2) is 6.32. The third-order valence-electron chi connectivity index (χ3n) is 2.84. The van der Waals surface area contributed by atoms with Gasteiger partial charge in [-0.05, 0) is 23.4 Å². The van der Waals surface area contributed by atoms with Gasteiger partial charge in [-0.2, -0.15) is 0 Å². The summed E-state index contributed by atoms with van der Waals surface area (Å²) in [5.41, 5.74) is 1.00. The van der Waals surface area contributed by atoms with Crippen molar-refractivity contribution < 1.29 is 8.42 Å². The Morgan fingerprint density at radius 2 is 1.89 bits per heavy atom. The third-order valence-corrected chi connectivity index (χ3v) is 5.71. The smallest absolute Gasteiger partial charge is 0.206 e. The van der Waals surface area contributed by atoms with Crippen molar-refractivity contribution in [3.8, 4) is 0 Å².